The maximum absolute atomic E-state index is 13.6. The van der Waals surface area contributed by atoms with Crippen LogP contribution in [0, 0.1) is 0 Å². The molecule has 2 aromatic carbocycles. The standard InChI is InChI=1S/C43H60O19/c1-9-43(42(47)48)38(61-40-36(52-7)32(50-5)30(49-4)28(59-40)22-54-20-26-16-12-10-13-17-26)34(51-6)37(53-8)41(62-43)60-31-29(23-55-24(2)44)58-39(46)35(33(31)57-25(3)45)56-21-27-18-14-11-15-19-27/h10-19,28-41,46H,9,20-23H2,1-8H3,(H,47,48)/t28-,29-,30-,31-,32+,33+,34-,35-,36-,37-,38+,39?,40-,41-,43+/m1/s1. The van der Waals surface area contributed by atoms with E-state index in [2.05, 4.69) is 0 Å². The summed E-state index contributed by atoms with van der Waals surface area (Å²) < 4.78 is 84.7. The van der Waals surface area contributed by atoms with Gasteiger partial charge in [0.2, 0.25) is 0 Å². The Morgan fingerprint density at radius 2 is 1.19 bits per heavy atom. The van der Waals surface area contributed by atoms with Crippen LogP contribution in [0.25, 0.3) is 0 Å². The number of hydrogen-bond acceptors (Lipinski definition) is 18. The third-order valence-corrected chi connectivity index (χ3v) is 11.1. The molecule has 346 valence electrons. The fraction of sp³-hybridized carbons (Fsp3) is 0.651. The molecule has 2 aromatic rings. The van der Waals surface area contributed by atoms with E-state index < -0.39 is 116 Å². The number of aliphatic hydroxyl groups is 1. The average molecular weight is 881 g/mol. The molecular weight excluding hydrogens is 820 g/mol. The Balaban J connectivity index is 1.48. The van der Waals surface area contributed by atoms with E-state index in [0.717, 1.165) is 18.1 Å². The molecule has 15 atom stereocenters. The Morgan fingerprint density at radius 1 is 0.629 bits per heavy atom. The molecule has 3 heterocycles. The van der Waals surface area contributed by atoms with Gasteiger partial charge in [0.05, 0.1) is 19.8 Å². The van der Waals surface area contributed by atoms with Crippen molar-refractivity contribution in [3.05, 3.63) is 71.8 Å². The molecular formula is C43H60O19. The third-order valence-electron chi connectivity index (χ3n) is 11.1. The van der Waals surface area contributed by atoms with Crippen LogP contribution in [-0.4, -0.2) is 168 Å². The monoisotopic (exact) mass is 880 g/mol. The van der Waals surface area contributed by atoms with Gasteiger partial charge in [-0.25, -0.2) is 4.79 Å². The number of carbonyl (C=O) groups is 3. The lowest BCUT2D eigenvalue weighted by atomic mass is 9.83. The third kappa shape index (κ3) is 11.5. The molecule has 0 saturated carbocycles. The number of rotatable bonds is 21. The molecule has 19 heteroatoms. The Morgan fingerprint density at radius 3 is 1.73 bits per heavy atom. The van der Waals surface area contributed by atoms with Gasteiger partial charge >= 0.3 is 17.9 Å². The van der Waals surface area contributed by atoms with Gasteiger partial charge in [0, 0.05) is 49.4 Å². The predicted molar refractivity (Wildman–Crippen MR) is 212 cm³/mol. The second-order valence-corrected chi connectivity index (χ2v) is 14.9. The van der Waals surface area contributed by atoms with Gasteiger partial charge in [-0.15, -0.1) is 0 Å². The van der Waals surface area contributed by atoms with Crippen LogP contribution in [0.1, 0.15) is 38.3 Å². The number of benzene rings is 2. The van der Waals surface area contributed by atoms with Gasteiger partial charge < -0.3 is 76.5 Å². The van der Waals surface area contributed by atoms with E-state index in [1.807, 2.05) is 36.4 Å². The molecule has 0 aliphatic carbocycles. The zero-order valence-corrected chi connectivity index (χ0v) is 36.2. The lowest BCUT2D eigenvalue weighted by Crippen LogP contribution is -2.72. The molecule has 3 saturated heterocycles. The topological polar surface area (TPSA) is 221 Å². The summed E-state index contributed by atoms with van der Waals surface area (Å²) >= 11 is 0. The van der Waals surface area contributed by atoms with E-state index in [4.69, 9.17) is 66.3 Å². The van der Waals surface area contributed by atoms with E-state index in [-0.39, 0.29) is 26.2 Å². The molecule has 0 amide bonds. The largest absolute Gasteiger partial charge is 0.479 e. The van der Waals surface area contributed by atoms with Gasteiger partial charge in [-0.1, -0.05) is 67.6 Å². The molecule has 1 unspecified atom stereocenters. The van der Waals surface area contributed by atoms with Crippen LogP contribution >= 0.6 is 0 Å². The fourth-order valence-corrected chi connectivity index (χ4v) is 8.09. The van der Waals surface area contributed by atoms with Crippen LogP contribution in [0.2, 0.25) is 0 Å². The van der Waals surface area contributed by atoms with Crippen molar-refractivity contribution in [2.24, 2.45) is 0 Å². The Labute approximate surface area is 360 Å². The quantitative estimate of drug-likeness (QED) is 0.172. The summed E-state index contributed by atoms with van der Waals surface area (Å²) in [4.78, 5) is 38.3. The summed E-state index contributed by atoms with van der Waals surface area (Å²) in [5.41, 5.74) is -0.565. The minimum atomic E-state index is -2.23. The van der Waals surface area contributed by atoms with E-state index in [0.29, 0.717) is 0 Å². The summed E-state index contributed by atoms with van der Waals surface area (Å²) in [6, 6.07) is 18.6. The van der Waals surface area contributed by atoms with Crippen LogP contribution < -0.4 is 0 Å². The maximum Gasteiger partial charge on any atom is 0.338 e. The number of carboxylic acid groups (broad SMARTS) is 1. The van der Waals surface area contributed by atoms with E-state index in [1.165, 1.54) is 42.5 Å². The van der Waals surface area contributed by atoms with Gasteiger partial charge in [0.1, 0.15) is 67.6 Å². The summed E-state index contributed by atoms with van der Waals surface area (Å²) in [5, 5.41) is 22.3. The van der Waals surface area contributed by atoms with E-state index >= 15 is 0 Å². The van der Waals surface area contributed by atoms with Gasteiger partial charge in [-0.3, -0.25) is 9.59 Å². The highest BCUT2D eigenvalue weighted by molar-refractivity contribution is 5.79. The number of carboxylic acids is 1. The van der Waals surface area contributed by atoms with Crippen molar-refractivity contribution in [3.8, 4) is 0 Å². The molecule has 2 N–H and O–H groups in total. The number of aliphatic carboxylic acids is 1. The number of ether oxygens (including phenoxy) is 14. The van der Waals surface area contributed by atoms with E-state index in [1.54, 1.807) is 31.2 Å². The molecule has 3 aliphatic heterocycles. The van der Waals surface area contributed by atoms with Gasteiger partial charge in [0.15, 0.2) is 30.6 Å². The normalized spacial score (nSPS) is 34.9. The number of carbonyl (C=O) groups excluding carboxylic acids is 2. The van der Waals surface area contributed by atoms with Crippen molar-refractivity contribution >= 4 is 17.9 Å². The zero-order valence-electron chi connectivity index (χ0n) is 36.2. The summed E-state index contributed by atoms with van der Waals surface area (Å²) in [7, 11) is 7.08. The molecule has 0 radical (unpaired) electrons. The minimum absolute atomic E-state index is 0.0326. The highest BCUT2D eigenvalue weighted by Gasteiger charge is 2.63. The first-order valence-corrected chi connectivity index (χ1v) is 20.3. The molecule has 0 bridgehead atoms. The predicted octanol–water partition coefficient (Wildman–Crippen LogP) is 2.16. The Kier molecular flexibility index (Phi) is 18.6. The zero-order chi connectivity index (χ0) is 45.0. The lowest BCUT2D eigenvalue weighted by Gasteiger charge is -2.53. The molecule has 3 aliphatic rings. The van der Waals surface area contributed by atoms with Crippen LogP contribution in [-0.2, 0) is 93.9 Å². The van der Waals surface area contributed by atoms with Gasteiger partial charge in [-0.2, -0.15) is 0 Å². The Hall–Kier alpha value is -3.67. The van der Waals surface area contributed by atoms with Crippen LogP contribution in [0.15, 0.2) is 60.7 Å². The SMILES string of the molecule is CC[C@]1(C(=O)O)O[C@@H](O[C@H]2[C@H](OC(C)=O)[C@@H](OCc3ccccc3)C(O)O[C@@H]2COC(C)=O)[C@H](OC)[C@@H](OC)[C@@H]1O[C@H]1O[C@H](COCc2ccccc2)[C@@H](OC)[C@H](OC)[C@H]1OC. The fourth-order valence-electron chi connectivity index (χ4n) is 8.09. The summed E-state index contributed by atoms with van der Waals surface area (Å²) in [6.45, 7) is 3.72. The van der Waals surface area contributed by atoms with Crippen LogP contribution in [0.5, 0.6) is 0 Å². The van der Waals surface area contributed by atoms with Crippen LogP contribution in [0.4, 0.5) is 0 Å². The maximum atomic E-state index is 13.6. The molecule has 62 heavy (non-hydrogen) atoms. The van der Waals surface area contributed by atoms with Gasteiger partial charge in [0.25, 0.3) is 0 Å². The number of hydrogen-bond donors (Lipinski definition) is 2. The van der Waals surface area contributed by atoms with Crippen molar-refractivity contribution in [2.45, 2.75) is 132 Å². The van der Waals surface area contributed by atoms with E-state index in [9.17, 15) is 24.6 Å². The molecule has 19 nitrogen and oxygen atoms in total. The smallest absolute Gasteiger partial charge is 0.338 e. The number of aliphatic hydroxyl groups excluding tert-OH is 1. The lowest BCUT2D eigenvalue weighted by molar-refractivity contribution is -0.397. The summed E-state index contributed by atoms with van der Waals surface area (Å²) in [5.74, 6) is -2.90. The second-order valence-electron chi connectivity index (χ2n) is 14.9. The van der Waals surface area contributed by atoms with Crippen molar-refractivity contribution in [2.75, 3.05) is 48.8 Å². The number of methoxy groups -OCH3 is 5. The first kappa shape index (κ1) is 49.3. The average Bonchev–Trinajstić information content (AvgIpc) is 3.26. The van der Waals surface area contributed by atoms with Crippen molar-refractivity contribution in [1.82, 2.24) is 0 Å². The second kappa shape index (κ2) is 23.3. The van der Waals surface area contributed by atoms with Crippen LogP contribution in [0.3, 0.4) is 0 Å². The van der Waals surface area contributed by atoms with Crippen molar-refractivity contribution in [1.29, 1.82) is 0 Å². The molecule has 0 spiro atoms. The Bertz CT molecular complexity index is 1690. The summed E-state index contributed by atoms with van der Waals surface area (Å²) in [6.07, 6.45) is -17.5. The first-order valence-electron chi connectivity index (χ1n) is 20.3. The molecule has 3 fully saturated rings. The van der Waals surface area contributed by atoms with Gasteiger partial charge in [-0.05, 0) is 17.5 Å². The van der Waals surface area contributed by atoms with Crippen molar-refractivity contribution in [3.63, 3.8) is 0 Å². The molecule has 0 aromatic heterocycles. The first-order chi connectivity index (χ1) is 29.8. The molecule has 5 rings (SSSR count). The minimum Gasteiger partial charge on any atom is -0.479 e. The highest BCUT2D eigenvalue weighted by atomic mass is 16.8. The number of esters is 2. The van der Waals surface area contributed by atoms with Crippen molar-refractivity contribution < 1.29 is 90.9 Å². The highest BCUT2D eigenvalue weighted by Crippen LogP contribution is 2.42.